The molecule has 0 aromatic heterocycles. The van der Waals surface area contributed by atoms with Crippen LogP contribution < -0.4 is 9.80 Å². The third kappa shape index (κ3) is 7.26. The Kier molecular flexibility index (Phi) is 11.7. The molecule has 0 aliphatic heterocycles. The van der Waals surface area contributed by atoms with Crippen molar-refractivity contribution in [1.82, 2.24) is 0 Å². The maximum atomic E-state index is 2.57. The van der Waals surface area contributed by atoms with Crippen LogP contribution >= 0.6 is 0 Å². The monoisotopic (exact) mass is 1100 g/mol. The van der Waals surface area contributed by atoms with Crippen molar-refractivity contribution in [3.8, 4) is 22.3 Å². The second kappa shape index (κ2) is 19.7. The van der Waals surface area contributed by atoms with Crippen molar-refractivity contribution in [3.63, 3.8) is 0 Å². The summed E-state index contributed by atoms with van der Waals surface area (Å²) >= 11 is 0. The maximum Gasteiger partial charge on any atom is 0.0716 e. The molecule has 0 saturated heterocycles. The van der Waals surface area contributed by atoms with Gasteiger partial charge in [0.15, 0.2) is 0 Å². The standard InChI is InChI=1S/C84H64N2/c1-53-23-21-25-61(51-53)83(73-35-17-13-31-65(73)66-32-14-18-36-74(66)83)71-47-39-55(3)81(57(71)5)85(63-27-9-7-10-28-63)77-49-43-59-42-46-70-78(50-44-60-41-45-69(77)79(59)80(60)70)86(64-29-11-8-12-30-64)82-56(4)40-48-72(58(82)6)84(62-26-22-24-54(2)52-62)75-37-19-15-33-67(75)68-34-16-20-38-76(68)84/h7-52H,1-6H3. The molecule has 0 spiro atoms. The van der Waals surface area contributed by atoms with Gasteiger partial charge in [-0.05, 0) is 189 Å². The van der Waals surface area contributed by atoms with Crippen molar-refractivity contribution in [3.05, 3.63) is 357 Å². The lowest BCUT2D eigenvalue weighted by molar-refractivity contribution is 0.759. The first-order valence-corrected chi connectivity index (χ1v) is 30.3. The van der Waals surface area contributed by atoms with Crippen LogP contribution in [0, 0.1) is 41.5 Å². The van der Waals surface area contributed by atoms with Crippen LogP contribution in [0.1, 0.15) is 77.9 Å². The Hall–Kier alpha value is -10.3. The number of nitrogens with zero attached hydrogens (tertiary/aromatic N) is 2. The summed E-state index contributed by atoms with van der Waals surface area (Å²) in [5, 5.41) is 7.35. The zero-order chi connectivity index (χ0) is 58.0. The molecular formula is C84H64N2. The number of aryl methyl sites for hydroxylation is 4. The van der Waals surface area contributed by atoms with Gasteiger partial charge in [0.25, 0.3) is 0 Å². The fraction of sp³-hybridized carbons (Fsp3) is 0.0952. The number of benzene rings is 14. The number of hydrogen-bond acceptors (Lipinski definition) is 2. The summed E-state index contributed by atoms with van der Waals surface area (Å²) in [5.74, 6) is 0. The molecule has 0 radical (unpaired) electrons. The molecule has 0 N–H and O–H groups in total. The molecule has 16 rings (SSSR count). The van der Waals surface area contributed by atoms with Gasteiger partial charge in [-0.3, -0.25) is 0 Å². The van der Waals surface area contributed by atoms with Crippen LogP contribution in [0.25, 0.3) is 54.6 Å². The predicted molar refractivity (Wildman–Crippen MR) is 363 cm³/mol. The van der Waals surface area contributed by atoms with Crippen molar-refractivity contribution in [1.29, 1.82) is 0 Å². The summed E-state index contributed by atoms with van der Waals surface area (Å²) < 4.78 is 0. The molecule has 86 heavy (non-hydrogen) atoms. The van der Waals surface area contributed by atoms with Crippen LogP contribution in [0.15, 0.2) is 279 Å². The Labute approximate surface area is 504 Å². The molecule has 410 valence electrons. The van der Waals surface area contributed by atoms with Gasteiger partial charge in [-0.2, -0.15) is 0 Å². The van der Waals surface area contributed by atoms with Gasteiger partial charge in [0.1, 0.15) is 0 Å². The summed E-state index contributed by atoms with van der Waals surface area (Å²) in [4.78, 5) is 5.13. The van der Waals surface area contributed by atoms with Gasteiger partial charge in [0, 0.05) is 22.1 Å². The molecule has 14 aromatic rings. The predicted octanol–water partition coefficient (Wildman–Crippen LogP) is 22.1. The number of rotatable bonds is 10. The van der Waals surface area contributed by atoms with Crippen LogP contribution in [-0.4, -0.2) is 0 Å². The van der Waals surface area contributed by atoms with Crippen LogP contribution in [0.3, 0.4) is 0 Å². The van der Waals surface area contributed by atoms with Crippen molar-refractivity contribution < 1.29 is 0 Å². The van der Waals surface area contributed by atoms with E-state index in [9.17, 15) is 0 Å². The lowest BCUT2D eigenvalue weighted by Crippen LogP contribution is -2.30. The SMILES string of the molecule is Cc1cccc(C2(c3ccc(C)c(N(c4ccccc4)c4ccc5ccc6c(N(c7ccccc7)c7c(C)ccc(C8(c9cccc(C)c9)c9ccccc9-c9ccccc98)c7C)ccc7ccc4c5c76)c3C)c3ccccc3-c3ccccc32)c1. The minimum atomic E-state index is -0.568. The van der Waals surface area contributed by atoms with Crippen molar-refractivity contribution >= 4 is 66.4 Å². The number of hydrogen-bond donors (Lipinski definition) is 0. The van der Waals surface area contributed by atoms with Gasteiger partial charge in [-0.25, -0.2) is 0 Å². The van der Waals surface area contributed by atoms with Gasteiger partial charge in [0.05, 0.1) is 33.6 Å². The Balaban J connectivity index is 0.934. The molecule has 0 atom stereocenters. The lowest BCUT2D eigenvalue weighted by Gasteiger charge is -2.38. The molecule has 0 bridgehead atoms. The van der Waals surface area contributed by atoms with Crippen LogP contribution in [0.5, 0.6) is 0 Å². The van der Waals surface area contributed by atoms with Crippen molar-refractivity contribution in [2.75, 3.05) is 9.80 Å². The average Bonchev–Trinajstić information content (AvgIpc) is 1.48. The van der Waals surface area contributed by atoms with Gasteiger partial charge in [-0.1, -0.05) is 254 Å². The first-order chi connectivity index (χ1) is 42.2. The number of para-hydroxylation sites is 2. The first-order valence-electron chi connectivity index (χ1n) is 30.3. The van der Waals surface area contributed by atoms with Crippen molar-refractivity contribution in [2.45, 2.75) is 52.4 Å². The van der Waals surface area contributed by atoms with E-state index in [1.54, 1.807) is 0 Å². The minimum Gasteiger partial charge on any atom is -0.309 e. The highest BCUT2D eigenvalue weighted by Crippen LogP contribution is 2.61. The highest BCUT2D eigenvalue weighted by Gasteiger charge is 2.49. The van der Waals surface area contributed by atoms with Crippen LogP contribution in [0.2, 0.25) is 0 Å². The fourth-order valence-corrected chi connectivity index (χ4v) is 16.0. The Morgan fingerprint density at radius 2 is 0.605 bits per heavy atom. The van der Waals surface area contributed by atoms with E-state index in [-0.39, 0.29) is 0 Å². The van der Waals surface area contributed by atoms with E-state index in [2.05, 4.69) is 330 Å². The summed E-state index contributed by atoms with van der Waals surface area (Å²) in [7, 11) is 0. The zero-order valence-corrected chi connectivity index (χ0v) is 49.5. The fourth-order valence-electron chi connectivity index (χ4n) is 16.0. The first kappa shape index (κ1) is 51.4. The quantitative estimate of drug-likeness (QED) is 0.126. The molecule has 2 aliphatic carbocycles. The third-order valence-corrected chi connectivity index (χ3v) is 19.5. The zero-order valence-electron chi connectivity index (χ0n) is 49.5. The van der Waals surface area contributed by atoms with E-state index in [1.807, 2.05) is 0 Å². The third-order valence-electron chi connectivity index (χ3n) is 19.5. The van der Waals surface area contributed by atoms with Gasteiger partial charge in [-0.15, -0.1) is 0 Å². The Bertz CT molecular complexity index is 4620. The molecule has 0 unspecified atom stereocenters. The largest absolute Gasteiger partial charge is 0.309 e. The molecule has 2 aliphatic rings. The number of fused-ring (bicyclic) bond motifs is 6. The molecular weight excluding hydrogens is 1040 g/mol. The van der Waals surface area contributed by atoms with Gasteiger partial charge >= 0.3 is 0 Å². The van der Waals surface area contributed by atoms with Gasteiger partial charge < -0.3 is 9.80 Å². The second-order valence-electron chi connectivity index (χ2n) is 24.2. The van der Waals surface area contributed by atoms with E-state index in [4.69, 9.17) is 0 Å². The summed E-state index contributed by atoms with van der Waals surface area (Å²) in [5.41, 5.74) is 28.7. The highest BCUT2D eigenvalue weighted by molar-refractivity contribution is 6.28. The average molecular weight is 1100 g/mol. The van der Waals surface area contributed by atoms with Gasteiger partial charge in [0.2, 0.25) is 0 Å². The molecule has 0 amide bonds. The summed E-state index contributed by atoms with van der Waals surface area (Å²) in [6.45, 7) is 13.8. The minimum absolute atomic E-state index is 0.568. The van der Waals surface area contributed by atoms with E-state index in [0.29, 0.717) is 0 Å². The smallest absolute Gasteiger partial charge is 0.0716 e. The van der Waals surface area contributed by atoms with Crippen LogP contribution in [-0.2, 0) is 10.8 Å². The molecule has 0 fully saturated rings. The van der Waals surface area contributed by atoms with Crippen LogP contribution in [0.4, 0.5) is 34.1 Å². The normalized spacial score (nSPS) is 13.4. The Morgan fingerprint density at radius 3 is 0.965 bits per heavy atom. The summed E-state index contributed by atoms with van der Waals surface area (Å²) in [6, 6.07) is 106. The lowest BCUT2D eigenvalue weighted by atomic mass is 9.66. The molecule has 2 nitrogen and oxygen atoms in total. The molecule has 0 saturated carbocycles. The molecule has 2 heteroatoms. The van der Waals surface area contributed by atoms with E-state index in [1.165, 1.54) is 144 Å². The van der Waals surface area contributed by atoms with Crippen molar-refractivity contribution in [2.24, 2.45) is 0 Å². The summed E-state index contributed by atoms with van der Waals surface area (Å²) in [6.07, 6.45) is 0. The van der Waals surface area contributed by atoms with E-state index < -0.39 is 10.8 Å². The molecule has 0 heterocycles. The Morgan fingerprint density at radius 1 is 0.267 bits per heavy atom. The van der Waals surface area contributed by atoms with E-state index >= 15 is 0 Å². The second-order valence-corrected chi connectivity index (χ2v) is 24.2. The maximum absolute atomic E-state index is 2.57. The number of anilines is 6. The van der Waals surface area contributed by atoms with E-state index in [0.717, 1.165) is 22.7 Å². The highest BCUT2D eigenvalue weighted by atomic mass is 15.2. The topological polar surface area (TPSA) is 6.48 Å². The molecule has 14 aromatic carbocycles.